The number of ether oxygens (including phenoxy) is 2. The van der Waals surface area contributed by atoms with E-state index >= 15 is 0 Å². The van der Waals surface area contributed by atoms with Gasteiger partial charge in [0, 0.05) is 4.88 Å². The lowest BCUT2D eigenvalue weighted by Crippen LogP contribution is -2.34. The van der Waals surface area contributed by atoms with Crippen molar-refractivity contribution in [1.82, 2.24) is 14.9 Å². The summed E-state index contributed by atoms with van der Waals surface area (Å²) >= 11 is 1.49. The van der Waals surface area contributed by atoms with Gasteiger partial charge >= 0.3 is 0 Å². The summed E-state index contributed by atoms with van der Waals surface area (Å²) < 4.78 is 12.1. The fraction of sp³-hybridized carbons (Fsp3) is 0.208. The minimum absolute atomic E-state index is 0.105. The van der Waals surface area contributed by atoms with Crippen LogP contribution in [0, 0.1) is 6.92 Å². The normalized spacial score (nSPS) is 13.3. The number of fused-ring (bicyclic) bond motifs is 2. The van der Waals surface area contributed by atoms with Gasteiger partial charge in [-0.3, -0.25) is 14.2 Å². The molecule has 0 saturated heterocycles. The largest absolute Gasteiger partial charge is 0.454 e. The number of rotatable bonds is 5. The van der Waals surface area contributed by atoms with Crippen molar-refractivity contribution in [3.05, 3.63) is 76.3 Å². The van der Waals surface area contributed by atoms with Gasteiger partial charge in [-0.25, -0.2) is 4.98 Å². The van der Waals surface area contributed by atoms with Crippen molar-refractivity contribution in [3.63, 3.8) is 0 Å². The molecule has 1 aliphatic heterocycles. The first kappa shape index (κ1) is 20.3. The van der Waals surface area contributed by atoms with Crippen LogP contribution >= 0.6 is 11.3 Å². The molecular weight excluding hydrogens is 426 g/mol. The molecule has 0 fully saturated rings. The Hall–Kier alpha value is -3.65. The molecule has 1 atom stereocenters. The molecule has 8 heteroatoms. The van der Waals surface area contributed by atoms with Crippen LogP contribution in [0.2, 0.25) is 0 Å². The van der Waals surface area contributed by atoms with E-state index in [4.69, 9.17) is 9.47 Å². The zero-order chi connectivity index (χ0) is 22.2. The van der Waals surface area contributed by atoms with Crippen molar-refractivity contribution in [2.24, 2.45) is 0 Å². The van der Waals surface area contributed by atoms with Crippen molar-refractivity contribution in [1.29, 1.82) is 0 Å². The molecule has 2 aromatic carbocycles. The maximum atomic E-state index is 13.1. The number of hydrogen-bond donors (Lipinski definition) is 1. The molecule has 1 amide bonds. The second-order valence-electron chi connectivity index (χ2n) is 7.68. The van der Waals surface area contributed by atoms with E-state index < -0.39 is 0 Å². The van der Waals surface area contributed by atoms with Gasteiger partial charge in [-0.05, 0) is 42.7 Å². The molecule has 162 valence electrons. The summed E-state index contributed by atoms with van der Waals surface area (Å²) in [6.45, 7) is 3.91. The molecule has 3 heterocycles. The lowest BCUT2D eigenvalue weighted by atomic mass is 10.1. The molecule has 0 aliphatic carbocycles. The average Bonchev–Trinajstić information content (AvgIpc) is 3.40. The SMILES string of the molecule is Cc1c(-c2ccccc2)sc2ncn(CC(=O)NC(C)c3ccc4c(c3)OCO4)c(=O)c12. The van der Waals surface area contributed by atoms with Crippen LogP contribution in [-0.4, -0.2) is 22.3 Å². The highest BCUT2D eigenvalue weighted by molar-refractivity contribution is 7.22. The molecule has 4 aromatic rings. The number of benzene rings is 2. The first-order valence-electron chi connectivity index (χ1n) is 10.2. The monoisotopic (exact) mass is 447 g/mol. The van der Waals surface area contributed by atoms with Gasteiger partial charge in [-0.1, -0.05) is 36.4 Å². The Balaban J connectivity index is 1.37. The molecule has 0 spiro atoms. The Morgan fingerprint density at radius 1 is 1.19 bits per heavy atom. The Labute approximate surface area is 188 Å². The summed E-state index contributed by atoms with van der Waals surface area (Å²) in [7, 11) is 0. The van der Waals surface area contributed by atoms with Gasteiger partial charge in [-0.2, -0.15) is 0 Å². The Morgan fingerprint density at radius 2 is 1.97 bits per heavy atom. The van der Waals surface area contributed by atoms with E-state index in [0.717, 1.165) is 21.6 Å². The van der Waals surface area contributed by atoms with Crippen LogP contribution in [0.1, 0.15) is 24.1 Å². The number of carbonyl (C=O) groups excluding carboxylic acids is 1. The highest BCUT2D eigenvalue weighted by Gasteiger charge is 2.19. The van der Waals surface area contributed by atoms with Crippen molar-refractivity contribution >= 4 is 27.5 Å². The summed E-state index contributed by atoms with van der Waals surface area (Å²) in [5.74, 6) is 1.09. The molecule has 1 unspecified atom stereocenters. The third-order valence-corrected chi connectivity index (χ3v) is 6.79. The quantitative estimate of drug-likeness (QED) is 0.499. The number of aryl methyl sites for hydroxylation is 1. The molecule has 0 bridgehead atoms. The molecule has 32 heavy (non-hydrogen) atoms. The third-order valence-electron chi connectivity index (χ3n) is 5.54. The molecule has 5 rings (SSSR count). The average molecular weight is 448 g/mol. The minimum atomic E-state index is -0.269. The number of nitrogens with one attached hydrogen (secondary N) is 1. The Bertz CT molecular complexity index is 1380. The number of aromatic nitrogens is 2. The van der Waals surface area contributed by atoms with Crippen molar-refractivity contribution in [2.75, 3.05) is 6.79 Å². The number of thiophene rings is 1. The van der Waals surface area contributed by atoms with Crippen LogP contribution < -0.4 is 20.3 Å². The van der Waals surface area contributed by atoms with Crippen LogP contribution in [0.3, 0.4) is 0 Å². The van der Waals surface area contributed by atoms with Gasteiger partial charge in [0.05, 0.1) is 17.8 Å². The predicted octanol–water partition coefficient (Wildman–Crippen LogP) is 4.04. The van der Waals surface area contributed by atoms with E-state index in [-0.39, 0.29) is 30.8 Å². The topological polar surface area (TPSA) is 82.5 Å². The van der Waals surface area contributed by atoms with Crippen molar-refractivity contribution in [3.8, 4) is 21.9 Å². The standard InChI is InChI=1S/C24H21N3O4S/c1-14-21-23(32-22(14)16-6-4-3-5-7-16)25-12-27(24(21)29)11-20(28)26-15(2)17-8-9-18-19(10-17)31-13-30-18/h3-10,12,15H,11,13H2,1-2H3,(H,26,28). The Kier molecular flexibility index (Phi) is 5.14. The van der Waals surface area contributed by atoms with Gasteiger partial charge in [0.1, 0.15) is 11.4 Å². The van der Waals surface area contributed by atoms with Gasteiger partial charge in [0.25, 0.3) is 5.56 Å². The second kappa shape index (κ2) is 8.12. The lowest BCUT2D eigenvalue weighted by molar-refractivity contribution is -0.122. The Morgan fingerprint density at radius 3 is 2.78 bits per heavy atom. The maximum absolute atomic E-state index is 13.1. The first-order valence-corrected chi connectivity index (χ1v) is 11.1. The highest BCUT2D eigenvalue weighted by Crippen LogP contribution is 2.36. The number of amides is 1. The van der Waals surface area contributed by atoms with Crippen molar-refractivity contribution in [2.45, 2.75) is 26.4 Å². The summed E-state index contributed by atoms with van der Waals surface area (Å²) in [5, 5.41) is 3.50. The number of nitrogens with zero attached hydrogens (tertiary/aromatic N) is 2. The fourth-order valence-corrected chi connectivity index (χ4v) is 4.99. The smallest absolute Gasteiger partial charge is 0.262 e. The molecular formula is C24H21N3O4S. The molecule has 7 nitrogen and oxygen atoms in total. The fourth-order valence-electron chi connectivity index (χ4n) is 3.84. The molecule has 0 saturated carbocycles. The van der Waals surface area contributed by atoms with Gasteiger partial charge < -0.3 is 14.8 Å². The molecule has 0 radical (unpaired) electrons. The summed E-state index contributed by atoms with van der Waals surface area (Å²) in [4.78, 5) is 32.0. The lowest BCUT2D eigenvalue weighted by Gasteiger charge is -2.15. The summed E-state index contributed by atoms with van der Waals surface area (Å²) in [6, 6.07) is 15.2. The first-order chi connectivity index (χ1) is 15.5. The van der Waals surface area contributed by atoms with Crippen LogP contribution in [0.5, 0.6) is 11.5 Å². The van der Waals surface area contributed by atoms with Gasteiger partial charge in [0.15, 0.2) is 11.5 Å². The summed E-state index contributed by atoms with van der Waals surface area (Å²) in [6.07, 6.45) is 1.44. The third kappa shape index (κ3) is 3.62. The highest BCUT2D eigenvalue weighted by atomic mass is 32.1. The second-order valence-corrected chi connectivity index (χ2v) is 8.68. The molecule has 1 aliphatic rings. The van der Waals surface area contributed by atoms with E-state index in [2.05, 4.69) is 10.3 Å². The van der Waals surface area contributed by atoms with Crippen molar-refractivity contribution < 1.29 is 14.3 Å². The van der Waals surface area contributed by atoms with Gasteiger partial charge in [-0.15, -0.1) is 11.3 Å². The van der Waals surface area contributed by atoms with E-state index in [1.807, 2.05) is 62.4 Å². The van der Waals surface area contributed by atoms with Crippen LogP contribution in [0.15, 0.2) is 59.7 Å². The predicted molar refractivity (Wildman–Crippen MR) is 123 cm³/mol. The minimum Gasteiger partial charge on any atom is -0.454 e. The van der Waals surface area contributed by atoms with Crippen LogP contribution in [0.25, 0.3) is 20.7 Å². The van der Waals surface area contributed by atoms with E-state index in [1.54, 1.807) is 0 Å². The number of carbonyl (C=O) groups is 1. The molecule has 2 aromatic heterocycles. The van der Waals surface area contributed by atoms with E-state index in [9.17, 15) is 9.59 Å². The molecule has 1 N–H and O–H groups in total. The maximum Gasteiger partial charge on any atom is 0.262 e. The van der Waals surface area contributed by atoms with Gasteiger partial charge in [0.2, 0.25) is 12.7 Å². The van der Waals surface area contributed by atoms with E-state index in [0.29, 0.717) is 21.7 Å². The van der Waals surface area contributed by atoms with Crippen LogP contribution in [0.4, 0.5) is 0 Å². The zero-order valence-electron chi connectivity index (χ0n) is 17.6. The number of hydrogen-bond acceptors (Lipinski definition) is 6. The van der Waals surface area contributed by atoms with Crippen LogP contribution in [-0.2, 0) is 11.3 Å². The zero-order valence-corrected chi connectivity index (χ0v) is 18.4. The van der Waals surface area contributed by atoms with E-state index in [1.165, 1.54) is 22.2 Å². The summed E-state index contributed by atoms with van der Waals surface area (Å²) in [5.41, 5.74) is 2.62.